The van der Waals surface area contributed by atoms with Crippen molar-refractivity contribution >= 4 is 39.0 Å². The van der Waals surface area contributed by atoms with Crippen LogP contribution in [0.25, 0.3) is 10.2 Å². The Hall–Kier alpha value is -2.02. The summed E-state index contributed by atoms with van der Waals surface area (Å²) in [4.78, 5) is 20.4. The standard InChI is InChI=1S/C16H22N4O2S/c1-16(2,3)22-15(21)20-8-6-19(7-9-20)11-4-5-12-14(13(11)17)18-10-23-12/h4-5,10H,6-9,17H2,1-3H3. The van der Waals surface area contributed by atoms with Crippen LogP contribution in [0.1, 0.15) is 20.8 Å². The van der Waals surface area contributed by atoms with Gasteiger partial charge in [0, 0.05) is 26.2 Å². The molecule has 0 spiro atoms. The Morgan fingerprint density at radius 3 is 2.61 bits per heavy atom. The summed E-state index contributed by atoms with van der Waals surface area (Å²) in [6, 6.07) is 4.10. The first-order chi connectivity index (χ1) is 10.8. The second-order valence-corrected chi connectivity index (χ2v) is 7.54. The Balaban J connectivity index is 1.68. The van der Waals surface area contributed by atoms with Gasteiger partial charge in [0.25, 0.3) is 0 Å². The molecule has 1 amide bonds. The molecule has 1 fully saturated rings. The lowest BCUT2D eigenvalue weighted by Crippen LogP contribution is -2.50. The molecule has 1 aliphatic heterocycles. The van der Waals surface area contributed by atoms with Crippen LogP contribution in [0.2, 0.25) is 0 Å². The first kappa shape index (κ1) is 15.9. The molecular formula is C16H22N4O2S. The van der Waals surface area contributed by atoms with E-state index in [0.717, 1.165) is 34.7 Å². The van der Waals surface area contributed by atoms with Gasteiger partial charge >= 0.3 is 6.09 Å². The number of aromatic nitrogens is 1. The molecule has 0 atom stereocenters. The first-order valence-electron chi connectivity index (χ1n) is 7.70. The summed E-state index contributed by atoms with van der Waals surface area (Å²) in [6.45, 7) is 8.37. The number of rotatable bonds is 1. The number of hydrogen-bond acceptors (Lipinski definition) is 6. The number of nitrogens with zero attached hydrogens (tertiary/aromatic N) is 3. The number of ether oxygens (including phenoxy) is 1. The highest BCUT2D eigenvalue weighted by atomic mass is 32.1. The van der Waals surface area contributed by atoms with Gasteiger partial charge in [0.2, 0.25) is 0 Å². The van der Waals surface area contributed by atoms with Gasteiger partial charge in [-0.3, -0.25) is 0 Å². The van der Waals surface area contributed by atoms with Crippen LogP contribution in [0.15, 0.2) is 17.6 Å². The van der Waals surface area contributed by atoms with Crippen molar-refractivity contribution in [2.24, 2.45) is 0 Å². The average molecular weight is 334 g/mol. The van der Waals surface area contributed by atoms with E-state index in [4.69, 9.17) is 10.5 Å². The molecule has 23 heavy (non-hydrogen) atoms. The molecule has 7 heteroatoms. The third-order valence-corrected chi connectivity index (χ3v) is 4.58. The highest BCUT2D eigenvalue weighted by Gasteiger charge is 2.26. The molecule has 2 heterocycles. The highest BCUT2D eigenvalue weighted by Crippen LogP contribution is 2.33. The number of carbonyl (C=O) groups excluding carboxylic acids is 1. The van der Waals surface area contributed by atoms with Crippen molar-refractivity contribution in [2.45, 2.75) is 26.4 Å². The monoisotopic (exact) mass is 334 g/mol. The van der Waals surface area contributed by atoms with Crippen LogP contribution in [-0.2, 0) is 4.74 Å². The molecule has 6 nitrogen and oxygen atoms in total. The van der Waals surface area contributed by atoms with E-state index >= 15 is 0 Å². The fourth-order valence-electron chi connectivity index (χ4n) is 2.67. The van der Waals surface area contributed by atoms with Crippen LogP contribution >= 0.6 is 11.3 Å². The van der Waals surface area contributed by atoms with Gasteiger partial charge in [-0.25, -0.2) is 9.78 Å². The van der Waals surface area contributed by atoms with Crippen molar-refractivity contribution in [1.29, 1.82) is 0 Å². The van der Waals surface area contributed by atoms with E-state index in [2.05, 4.69) is 16.0 Å². The van der Waals surface area contributed by atoms with Gasteiger partial charge in [-0.1, -0.05) is 0 Å². The van der Waals surface area contributed by atoms with E-state index in [1.807, 2.05) is 32.3 Å². The second-order valence-electron chi connectivity index (χ2n) is 6.65. The van der Waals surface area contributed by atoms with Gasteiger partial charge in [0.15, 0.2) is 0 Å². The van der Waals surface area contributed by atoms with Crippen molar-refractivity contribution < 1.29 is 9.53 Å². The van der Waals surface area contributed by atoms with Crippen LogP contribution in [0.4, 0.5) is 16.2 Å². The number of amides is 1. The summed E-state index contributed by atoms with van der Waals surface area (Å²) in [5.41, 5.74) is 10.2. The number of piperazine rings is 1. The Labute approximate surface area is 139 Å². The van der Waals surface area contributed by atoms with Gasteiger partial charge in [0.1, 0.15) is 11.1 Å². The molecule has 124 valence electrons. The fraction of sp³-hybridized carbons (Fsp3) is 0.500. The molecule has 2 N–H and O–H groups in total. The number of fused-ring (bicyclic) bond motifs is 1. The number of hydrogen-bond donors (Lipinski definition) is 1. The maximum atomic E-state index is 12.1. The minimum atomic E-state index is -0.464. The summed E-state index contributed by atoms with van der Waals surface area (Å²) < 4.78 is 6.52. The molecule has 1 aromatic carbocycles. The zero-order valence-electron chi connectivity index (χ0n) is 13.7. The maximum Gasteiger partial charge on any atom is 0.410 e. The fourth-order valence-corrected chi connectivity index (χ4v) is 3.37. The van der Waals surface area contributed by atoms with E-state index in [1.165, 1.54) is 0 Å². The highest BCUT2D eigenvalue weighted by molar-refractivity contribution is 7.16. The van der Waals surface area contributed by atoms with E-state index in [1.54, 1.807) is 16.2 Å². The Bertz CT molecular complexity index is 714. The SMILES string of the molecule is CC(C)(C)OC(=O)N1CCN(c2ccc3scnc3c2N)CC1. The largest absolute Gasteiger partial charge is 0.444 e. The average Bonchev–Trinajstić information content (AvgIpc) is 2.95. The van der Waals surface area contributed by atoms with Crippen molar-refractivity contribution in [3.05, 3.63) is 17.6 Å². The Morgan fingerprint density at radius 2 is 1.96 bits per heavy atom. The number of anilines is 2. The molecular weight excluding hydrogens is 312 g/mol. The Kier molecular flexibility index (Phi) is 4.06. The molecule has 0 unspecified atom stereocenters. The lowest BCUT2D eigenvalue weighted by Gasteiger charge is -2.37. The van der Waals surface area contributed by atoms with Gasteiger partial charge in [-0.2, -0.15) is 0 Å². The number of nitrogens with two attached hydrogens (primary N) is 1. The minimum Gasteiger partial charge on any atom is -0.444 e. The van der Waals surface area contributed by atoms with E-state index in [-0.39, 0.29) is 6.09 Å². The van der Waals surface area contributed by atoms with Gasteiger partial charge in [-0.15, -0.1) is 11.3 Å². The summed E-state index contributed by atoms with van der Waals surface area (Å²) in [5.74, 6) is 0. The van der Waals surface area contributed by atoms with Crippen LogP contribution in [-0.4, -0.2) is 47.8 Å². The smallest absolute Gasteiger partial charge is 0.410 e. The lowest BCUT2D eigenvalue weighted by molar-refractivity contribution is 0.0240. The van der Waals surface area contributed by atoms with Crippen molar-refractivity contribution in [1.82, 2.24) is 9.88 Å². The lowest BCUT2D eigenvalue weighted by atomic mass is 10.2. The van der Waals surface area contributed by atoms with Crippen LogP contribution in [0.5, 0.6) is 0 Å². The molecule has 0 bridgehead atoms. The number of benzene rings is 1. The normalized spacial score (nSPS) is 16.0. The van der Waals surface area contributed by atoms with Gasteiger partial charge < -0.3 is 20.3 Å². The quantitative estimate of drug-likeness (QED) is 0.812. The number of thiazole rings is 1. The predicted octanol–water partition coefficient (Wildman–Crippen LogP) is 2.94. The minimum absolute atomic E-state index is 0.250. The van der Waals surface area contributed by atoms with E-state index in [9.17, 15) is 4.79 Å². The molecule has 0 radical (unpaired) electrons. The summed E-state index contributed by atoms with van der Waals surface area (Å²) in [7, 11) is 0. The van der Waals surface area contributed by atoms with E-state index in [0.29, 0.717) is 13.1 Å². The summed E-state index contributed by atoms with van der Waals surface area (Å²) in [6.07, 6.45) is -0.250. The van der Waals surface area contributed by atoms with Crippen molar-refractivity contribution in [3.8, 4) is 0 Å². The molecule has 2 aromatic rings. The Morgan fingerprint density at radius 1 is 1.26 bits per heavy atom. The van der Waals surface area contributed by atoms with E-state index < -0.39 is 5.60 Å². The molecule has 1 saturated heterocycles. The second kappa shape index (κ2) is 5.88. The third-order valence-electron chi connectivity index (χ3n) is 3.79. The summed E-state index contributed by atoms with van der Waals surface area (Å²) in [5, 5.41) is 0. The topological polar surface area (TPSA) is 71.7 Å². The molecule has 1 aromatic heterocycles. The molecule has 0 saturated carbocycles. The predicted molar refractivity (Wildman–Crippen MR) is 94.1 cm³/mol. The molecule has 3 rings (SSSR count). The summed E-state index contributed by atoms with van der Waals surface area (Å²) >= 11 is 1.59. The van der Waals surface area contributed by atoms with Gasteiger partial charge in [0.05, 0.1) is 21.6 Å². The zero-order valence-corrected chi connectivity index (χ0v) is 14.5. The van der Waals surface area contributed by atoms with Crippen molar-refractivity contribution in [2.75, 3.05) is 36.8 Å². The zero-order chi connectivity index (χ0) is 16.6. The molecule has 0 aliphatic carbocycles. The third kappa shape index (κ3) is 3.34. The number of nitrogen functional groups attached to an aromatic ring is 1. The first-order valence-corrected chi connectivity index (χ1v) is 8.58. The maximum absolute atomic E-state index is 12.1. The van der Waals surface area contributed by atoms with Crippen LogP contribution in [0, 0.1) is 0 Å². The van der Waals surface area contributed by atoms with Crippen LogP contribution < -0.4 is 10.6 Å². The van der Waals surface area contributed by atoms with Crippen LogP contribution in [0.3, 0.4) is 0 Å². The molecule has 1 aliphatic rings. The number of carbonyl (C=O) groups is 1. The van der Waals surface area contributed by atoms with Gasteiger partial charge in [-0.05, 0) is 32.9 Å². The van der Waals surface area contributed by atoms with Crippen molar-refractivity contribution in [3.63, 3.8) is 0 Å².